The van der Waals surface area contributed by atoms with Crippen molar-refractivity contribution in [3.05, 3.63) is 5.82 Å². The highest BCUT2D eigenvalue weighted by Crippen LogP contribution is 2.33. The van der Waals surface area contributed by atoms with Gasteiger partial charge in [-0.3, -0.25) is 4.99 Å². The first kappa shape index (κ1) is 21.5. The van der Waals surface area contributed by atoms with Crippen molar-refractivity contribution in [2.24, 2.45) is 16.8 Å². The summed E-state index contributed by atoms with van der Waals surface area (Å²) in [6.07, 6.45) is 10.6. The summed E-state index contributed by atoms with van der Waals surface area (Å²) in [4.78, 5) is 7.40. The molecule has 2 unspecified atom stereocenters. The Morgan fingerprint density at radius 3 is 2.54 bits per heavy atom. The van der Waals surface area contributed by atoms with Crippen molar-refractivity contribution in [3.63, 3.8) is 0 Å². The molecule has 0 aromatic carbocycles. The number of piperidine rings is 1. The first-order valence-electron chi connectivity index (χ1n) is 11.1. The molecule has 1 aliphatic carbocycles. The van der Waals surface area contributed by atoms with Crippen LogP contribution in [0.4, 0.5) is 0 Å². The molecule has 0 spiro atoms. The maximum absolute atomic E-state index is 4.94. The van der Waals surface area contributed by atoms with Crippen LogP contribution in [0.1, 0.15) is 71.2 Å². The highest BCUT2D eigenvalue weighted by atomic mass is 32.2. The lowest BCUT2D eigenvalue weighted by Gasteiger charge is -2.37. The van der Waals surface area contributed by atoms with Crippen LogP contribution >= 0.6 is 11.8 Å². The molecular weight excluding hydrogens is 368 g/mol. The highest BCUT2D eigenvalue weighted by molar-refractivity contribution is 7.98. The number of nitrogens with one attached hydrogen (secondary N) is 1. The Bertz CT molecular complexity index is 627. The number of hydrogen-bond acceptors (Lipinski definition) is 4. The third-order valence-corrected chi connectivity index (χ3v) is 6.57. The van der Waals surface area contributed by atoms with Gasteiger partial charge < -0.3 is 14.8 Å². The van der Waals surface area contributed by atoms with Crippen molar-refractivity contribution < 1.29 is 0 Å². The van der Waals surface area contributed by atoms with Crippen LogP contribution < -0.4 is 5.32 Å². The van der Waals surface area contributed by atoms with Gasteiger partial charge in [0, 0.05) is 38.6 Å². The summed E-state index contributed by atoms with van der Waals surface area (Å²) in [5, 5.41) is 13.5. The summed E-state index contributed by atoms with van der Waals surface area (Å²) in [5.74, 6) is 3.71. The lowest BCUT2D eigenvalue weighted by Crippen LogP contribution is -2.48. The van der Waals surface area contributed by atoms with Gasteiger partial charge in [0.15, 0.2) is 11.1 Å². The number of aliphatic imine (C=N–C) groups is 1. The first-order valence-corrected chi connectivity index (χ1v) is 12.4. The summed E-state index contributed by atoms with van der Waals surface area (Å²) in [5.41, 5.74) is 0. The zero-order valence-electron chi connectivity index (χ0n) is 18.2. The van der Waals surface area contributed by atoms with E-state index in [1.54, 1.807) is 11.8 Å². The Labute approximate surface area is 175 Å². The molecule has 7 heteroatoms. The van der Waals surface area contributed by atoms with Crippen LogP contribution in [0.2, 0.25) is 0 Å². The van der Waals surface area contributed by atoms with Gasteiger partial charge >= 0.3 is 0 Å². The molecule has 1 aliphatic heterocycles. The van der Waals surface area contributed by atoms with Gasteiger partial charge in [-0.15, -0.1) is 10.2 Å². The third kappa shape index (κ3) is 5.43. The summed E-state index contributed by atoms with van der Waals surface area (Å²) < 4.78 is 2.42. The van der Waals surface area contributed by atoms with E-state index in [-0.39, 0.29) is 0 Å². The first-order chi connectivity index (χ1) is 13.6. The van der Waals surface area contributed by atoms with Crippen molar-refractivity contribution in [1.29, 1.82) is 0 Å². The van der Waals surface area contributed by atoms with E-state index in [1.165, 1.54) is 32.1 Å². The predicted octanol–water partition coefficient (Wildman–Crippen LogP) is 3.99. The second-order valence-electron chi connectivity index (χ2n) is 8.60. The van der Waals surface area contributed by atoms with Crippen molar-refractivity contribution in [1.82, 2.24) is 25.0 Å². The van der Waals surface area contributed by atoms with Crippen LogP contribution in [0.3, 0.4) is 0 Å². The Balaban J connectivity index is 1.59. The molecule has 0 radical (unpaired) electrons. The molecule has 0 bridgehead atoms. The Morgan fingerprint density at radius 1 is 1.18 bits per heavy atom. The van der Waals surface area contributed by atoms with Crippen LogP contribution in [-0.4, -0.2) is 58.1 Å². The minimum atomic E-state index is 0.601. The van der Waals surface area contributed by atoms with Crippen molar-refractivity contribution in [3.8, 4) is 0 Å². The average Bonchev–Trinajstić information content (AvgIpc) is 3.32. The molecule has 2 atom stereocenters. The summed E-state index contributed by atoms with van der Waals surface area (Å²) in [6.45, 7) is 10.8. The van der Waals surface area contributed by atoms with Crippen molar-refractivity contribution >= 4 is 17.7 Å². The van der Waals surface area contributed by atoms with Gasteiger partial charge in [-0.25, -0.2) is 0 Å². The maximum atomic E-state index is 4.94. The smallest absolute Gasteiger partial charge is 0.193 e. The van der Waals surface area contributed by atoms with E-state index in [0.29, 0.717) is 6.04 Å². The monoisotopic (exact) mass is 406 g/mol. The number of guanidine groups is 1. The van der Waals surface area contributed by atoms with E-state index in [1.807, 2.05) is 0 Å². The topological polar surface area (TPSA) is 58.3 Å². The number of hydrogen-bond donors (Lipinski definition) is 1. The number of likely N-dealkylation sites (tertiary alicyclic amines) is 1. The Hall–Kier alpha value is -1.24. The molecular formula is C21H38N6S. The van der Waals surface area contributed by atoms with Gasteiger partial charge in [0.2, 0.25) is 0 Å². The maximum Gasteiger partial charge on any atom is 0.193 e. The minimum Gasteiger partial charge on any atom is -0.357 e. The fraction of sp³-hybridized carbons (Fsp3) is 0.857. The predicted molar refractivity (Wildman–Crippen MR) is 118 cm³/mol. The second kappa shape index (κ2) is 10.5. The normalized spacial score (nSPS) is 24.1. The third-order valence-electron chi connectivity index (χ3n) is 5.93. The number of thioether (sulfide) groups is 1. The molecule has 28 heavy (non-hydrogen) atoms. The SMILES string of the molecule is CCNC(=NCCCc1nnc(SC)n1C1CCCC1)N1CC(C)CC(C)C1. The van der Waals surface area contributed by atoms with Crippen LogP contribution in [0.5, 0.6) is 0 Å². The van der Waals surface area contributed by atoms with Crippen molar-refractivity contribution in [2.75, 3.05) is 32.4 Å². The van der Waals surface area contributed by atoms with Gasteiger partial charge in [-0.05, 0) is 50.7 Å². The van der Waals surface area contributed by atoms with Gasteiger partial charge in [-0.1, -0.05) is 38.5 Å². The van der Waals surface area contributed by atoms with E-state index >= 15 is 0 Å². The summed E-state index contributed by atoms with van der Waals surface area (Å²) in [6, 6.07) is 0.601. The van der Waals surface area contributed by atoms with E-state index in [9.17, 15) is 0 Å². The summed E-state index contributed by atoms with van der Waals surface area (Å²) >= 11 is 1.72. The fourth-order valence-electron chi connectivity index (χ4n) is 4.83. The highest BCUT2D eigenvalue weighted by Gasteiger charge is 2.25. The van der Waals surface area contributed by atoms with Gasteiger partial charge in [-0.2, -0.15) is 0 Å². The molecule has 158 valence electrons. The average molecular weight is 407 g/mol. The lowest BCUT2D eigenvalue weighted by atomic mass is 9.92. The van der Waals surface area contributed by atoms with Crippen LogP contribution in [0, 0.1) is 11.8 Å². The van der Waals surface area contributed by atoms with Gasteiger partial charge in [0.25, 0.3) is 0 Å². The largest absolute Gasteiger partial charge is 0.357 e. The van der Waals surface area contributed by atoms with E-state index in [0.717, 1.165) is 67.8 Å². The van der Waals surface area contributed by atoms with E-state index in [2.05, 4.69) is 52.0 Å². The number of aromatic nitrogens is 3. The lowest BCUT2D eigenvalue weighted by molar-refractivity contribution is 0.208. The molecule has 1 aromatic heterocycles. The second-order valence-corrected chi connectivity index (χ2v) is 9.37. The van der Waals surface area contributed by atoms with Crippen LogP contribution in [0.15, 0.2) is 10.1 Å². The zero-order valence-corrected chi connectivity index (χ0v) is 19.0. The molecule has 1 saturated heterocycles. The Morgan fingerprint density at radius 2 is 1.89 bits per heavy atom. The molecule has 6 nitrogen and oxygen atoms in total. The molecule has 0 amide bonds. The molecule has 1 aromatic rings. The minimum absolute atomic E-state index is 0.601. The van der Waals surface area contributed by atoms with Crippen LogP contribution in [-0.2, 0) is 6.42 Å². The van der Waals surface area contributed by atoms with Gasteiger partial charge in [0.05, 0.1) is 0 Å². The zero-order chi connectivity index (χ0) is 19.9. The fourth-order valence-corrected chi connectivity index (χ4v) is 5.40. The molecule has 2 fully saturated rings. The summed E-state index contributed by atoms with van der Waals surface area (Å²) in [7, 11) is 0. The number of rotatable bonds is 7. The van der Waals surface area contributed by atoms with Crippen molar-refractivity contribution in [2.45, 2.75) is 76.9 Å². The number of nitrogens with zero attached hydrogens (tertiary/aromatic N) is 5. The van der Waals surface area contributed by atoms with Gasteiger partial charge in [0.1, 0.15) is 5.82 Å². The van der Waals surface area contributed by atoms with E-state index in [4.69, 9.17) is 4.99 Å². The number of aryl methyl sites for hydroxylation is 1. The quantitative estimate of drug-likeness (QED) is 0.321. The molecule has 2 aliphatic rings. The molecule has 2 heterocycles. The van der Waals surface area contributed by atoms with E-state index < -0.39 is 0 Å². The van der Waals surface area contributed by atoms with Crippen LogP contribution in [0.25, 0.3) is 0 Å². The molecule has 1 N–H and O–H groups in total. The standard InChI is InChI=1S/C21H38N6S/c1-5-22-20(26-14-16(2)13-17(3)15-26)23-12-8-11-19-24-25-21(28-4)27(19)18-9-6-7-10-18/h16-18H,5-15H2,1-4H3,(H,22,23). The molecule has 1 saturated carbocycles. The molecule has 3 rings (SSSR count). The Kier molecular flexibility index (Phi) is 8.06.